The molecule has 30 heavy (non-hydrogen) atoms. The Morgan fingerprint density at radius 1 is 1.07 bits per heavy atom. The second kappa shape index (κ2) is 7.35. The molecule has 2 aromatic rings. The number of rotatable bonds is 5. The molecule has 0 aromatic carbocycles. The summed E-state index contributed by atoms with van der Waals surface area (Å²) < 4.78 is 0. The minimum Gasteiger partial charge on any atom is -0.391 e. The summed E-state index contributed by atoms with van der Waals surface area (Å²) in [7, 11) is 0. The van der Waals surface area contributed by atoms with Crippen LogP contribution in [0.25, 0.3) is 0 Å². The van der Waals surface area contributed by atoms with Gasteiger partial charge in [-0.15, -0.1) is 0 Å². The first kappa shape index (κ1) is 18.3. The molecule has 3 aliphatic heterocycles. The number of β-amino-alcohol motifs (C(OH)–C–C–N with tert-alkyl or cyclic N) is 1. The van der Waals surface area contributed by atoms with Crippen LogP contribution in [0.3, 0.4) is 0 Å². The molecule has 8 nitrogen and oxygen atoms in total. The van der Waals surface area contributed by atoms with Crippen LogP contribution in [-0.2, 0) is 0 Å². The number of piperazine rings is 1. The minimum atomic E-state index is -0.284. The topological polar surface area (TPSA) is 89.4 Å². The van der Waals surface area contributed by atoms with Crippen LogP contribution in [0.15, 0.2) is 24.5 Å². The van der Waals surface area contributed by atoms with E-state index in [1.807, 2.05) is 12.4 Å². The minimum absolute atomic E-state index is 0.284. The van der Waals surface area contributed by atoms with Gasteiger partial charge in [-0.25, -0.2) is 9.97 Å². The molecular formula is C22H29N7O. The lowest BCUT2D eigenvalue weighted by molar-refractivity contribution is 0.154. The monoisotopic (exact) mass is 407 g/mol. The van der Waals surface area contributed by atoms with Crippen LogP contribution < -0.4 is 20.4 Å². The third-order valence-electron chi connectivity index (χ3n) is 6.83. The van der Waals surface area contributed by atoms with Crippen LogP contribution in [-0.4, -0.2) is 64.4 Å². The number of aliphatic hydroxyl groups is 1. The lowest BCUT2D eigenvalue weighted by Gasteiger charge is -2.34. The molecule has 1 saturated carbocycles. The highest BCUT2D eigenvalue weighted by Gasteiger charge is 2.38. The molecule has 3 saturated heterocycles. The first-order valence-corrected chi connectivity index (χ1v) is 11.3. The number of anilines is 4. The quantitative estimate of drug-likeness (QED) is 0.694. The van der Waals surface area contributed by atoms with E-state index in [2.05, 4.69) is 42.5 Å². The second-order valence-electron chi connectivity index (χ2n) is 9.18. The van der Waals surface area contributed by atoms with E-state index in [4.69, 9.17) is 4.98 Å². The van der Waals surface area contributed by atoms with Gasteiger partial charge in [0.05, 0.1) is 24.2 Å². The number of aromatic nitrogens is 3. The smallest absolute Gasteiger partial charge is 0.150 e. The summed E-state index contributed by atoms with van der Waals surface area (Å²) in [4.78, 5) is 18.7. The van der Waals surface area contributed by atoms with Crippen LogP contribution in [0.4, 0.5) is 23.1 Å². The predicted octanol–water partition coefficient (Wildman–Crippen LogP) is 2.00. The van der Waals surface area contributed by atoms with Crippen molar-refractivity contribution in [2.75, 3.05) is 41.3 Å². The molecule has 8 heteroatoms. The van der Waals surface area contributed by atoms with Gasteiger partial charge >= 0.3 is 0 Å². The average molecular weight is 408 g/mol. The van der Waals surface area contributed by atoms with E-state index < -0.39 is 0 Å². The van der Waals surface area contributed by atoms with E-state index in [9.17, 15) is 5.11 Å². The highest BCUT2D eigenvalue weighted by atomic mass is 16.3. The Hall–Kier alpha value is -2.45. The number of hydrogen-bond donors (Lipinski definition) is 3. The number of aliphatic hydroxyl groups excluding tert-OH is 1. The van der Waals surface area contributed by atoms with Gasteiger partial charge in [-0.2, -0.15) is 0 Å². The highest BCUT2D eigenvalue weighted by molar-refractivity contribution is 5.66. The summed E-state index contributed by atoms with van der Waals surface area (Å²) >= 11 is 0. The van der Waals surface area contributed by atoms with Crippen LogP contribution in [0.2, 0.25) is 0 Å². The number of fused-ring (bicyclic) bond motifs is 2. The Kier molecular flexibility index (Phi) is 4.49. The normalized spacial score (nSPS) is 28.2. The Morgan fingerprint density at radius 3 is 2.70 bits per heavy atom. The van der Waals surface area contributed by atoms with Gasteiger partial charge < -0.3 is 25.5 Å². The van der Waals surface area contributed by atoms with Crippen molar-refractivity contribution >= 4 is 23.1 Å². The van der Waals surface area contributed by atoms with Crippen LogP contribution in [0, 0.1) is 0 Å². The molecule has 0 amide bonds. The third kappa shape index (κ3) is 3.58. The zero-order chi connectivity index (χ0) is 20.1. The van der Waals surface area contributed by atoms with Crippen molar-refractivity contribution in [1.82, 2.24) is 20.3 Å². The zero-order valence-electron chi connectivity index (χ0n) is 17.2. The lowest BCUT2D eigenvalue weighted by atomic mass is 10.1. The Bertz CT molecular complexity index is 916. The van der Waals surface area contributed by atoms with Crippen LogP contribution in [0.1, 0.15) is 43.7 Å². The Morgan fingerprint density at radius 2 is 2.00 bits per heavy atom. The number of hydrogen-bond acceptors (Lipinski definition) is 8. The molecule has 2 bridgehead atoms. The van der Waals surface area contributed by atoms with E-state index in [-0.39, 0.29) is 6.10 Å². The first-order valence-electron chi connectivity index (χ1n) is 11.3. The van der Waals surface area contributed by atoms with Crippen molar-refractivity contribution in [2.45, 2.75) is 56.2 Å². The van der Waals surface area contributed by atoms with Crippen molar-refractivity contribution < 1.29 is 5.11 Å². The Labute approximate surface area is 176 Å². The van der Waals surface area contributed by atoms with Gasteiger partial charge in [0.15, 0.2) is 0 Å². The molecule has 3 unspecified atom stereocenters. The van der Waals surface area contributed by atoms with E-state index in [1.165, 1.54) is 24.9 Å². The maximum Gasteiger partial charge on any atom is 0.150 e. The summed E-state index contributed by atoms with van der Waals surface area (Å²) in [5.74, 6) is 3.03. The van der Waals surface area contributed by atoms with Gasteiger partial charge in [-0.05, 0) is 32.1 Å². The fourth-order valence-corrected chi connectivity index (χ4v) is 5.06. The summed E-state index contributed by atoms with van der Waals surface area (Å²) in [6.45, 7) is 3.64. The molecule has 3 N–H and O–H groups in total. The second-order valence-corrected chi connectivity index (χ2v) is 9.18. The number of piperidine rings is 1. The zero-order valence-corrected chi connectivity index (χ0v) is 17.2. The summed E-state index contributed by atoms with van der Waals surface area (Å²) in [5.41, 5.74) is 2.28. The van der Waals surface area contributed by atoms with E-state index in [1.54, 1.807) is 0 Å². The molecular weight excluding hydrogens is 378 g/mol. The van der Waals surface area contributed by atoms with Gasteiger partial charge in [0, 0.05) is 62.0 Å². The average Bonchev–Trinajstić information content (AvgIpc) is 3.40. The number of nitrogens with zero attached hydrogens (tertiary/aromatic N) is 5. The largest absolute Gasteiger partial charge is 0.391 e. The Balaban J connectivity index is 1.30. The SMILES string of the molecule is OC1CCCN(c2cc(N3CC4CC3CN4)cc(Nc3cnc(C4CC4)cn3)n2)C1. The predicted molar refractivity (Wildman–Crippen MR) is 117 cm³/mol. The molecule has 0 spiro atoms. The van der Waals surface area contributed by atoms with Gasteiger partial charge in [0.1, 0.15) is 17.5 Å². The van der Waals surface area contributed by atoms with Gasteiger partial charge in [0.25, 0.3) is 0 Å². The summed E-state index contributed by atoms with van der Waals surface area (Å²) in [6.07, 6.45) is 8.93. The van der Waals surface area contributed by atoms with Crippen molar-refractivity contribution in [3.63, 3.8) is 0 Å². The molecule has 158 valence electrons. The van der Waals surface area contributed by atoms with Gasteiger partial charge in [-0.1, -0.05) is 0 Å². The molecule has 0 radical (unpaired) electrons. The van der Waals surface area contributed by atoms with Crippen molar-refractivity contribution in [3.05, 3.63) is 30.2 Å². The van der Waals surface area contributed by atoms with E-state index >= 15 is 0 Å². The standard InChI is InChI=1S/C22H29N7O/c30-18-2-1-5-28(13-18)22-8-16(29-12-15-6-17(29)9-23-15)7-20(27-22)26-21-11-24-19(10-25-21)14-3-4-14/h7-8,10-11,14-15,17-18,23,30H,1-6,9,12-13H2,(H,25,26,27). The molecule has 4 aliphatic rings. The third-order valence-corrected chi connectivity index (χ3v) is 6.83. The molecule has 1 aliphatic carbocycles. The van der Waals surface area contributed by atoms with Crippen LogP contribution >= 0.6 is 0 Å². The van der Waals surface area contributed by atoms with Gasteiger partial charge in [-0.3, -0.25) is 4.98 Å². The van der Waals surface area contributed by atoms with Crippen molar-refractivity contribution in [3.8, 4) is 0 Å². The lowest BCUT2D eigenvalue weighted by Crippen LogP contribution is -2.44. The highest BCUT2D eigenvalue weighted by Crippen LogP contribution is 2.39. The summed E-state index contributed by atoms with van der Waals surface area (Å²) in [6, 6.07) is 5.44. The molecule has 5 heterocycles. The molecule has 3 atom stereocenters. The van der Waals surface area contributed by atoms with Crippen LogP contribution in [0.5, 0.6) is 0 Å². The van der Waals surface area contributed by atoms with E-state index in [0.29, 0.717) is 24.5 Å². The van der Waals surface area contributed by atoms with E-state index in [0.717, 1.165) is 55.6 Å². The van der Waals surface area contributed by atoms with Crippen molar-refractivity contribution in [2.24, 2.45) is 0 Å². The first-order chi connectivity index (χ1) is 14.7. The summed E-state index contributed by atoms with van der Waals surface area (Å²) in [5, 5.41) is 17.1. The molecule has 6 rings (SSSR count). The van der Waals surface area contributed by atoms with Crippen molar-refractivity contribution in [1.29, 1.82) is 0 Å². The molecule has 2 aromatic heterocycles. The maximum atomic E-state index is 10.2. The fraction of sp³-hybridized carbons (Fsp3) is 0.591. The number of nitrogens with one attached hydrogen (secondary N) is 2. The maximum absolute atomic E-state index is 10.2. The molecule has 4 fully saturated rings. The number of pyridine rings is 1. The fourth-order valence-electron chi connectivity index (χ4n) is 5.06. The van der Waals surface area contributed by atoms with Gasteiger partial charge in [0.2, 0.25) is 0 Å².